The first kappa shape index (κ1) is 22.2. The molecule has 0 saturated carbocycles. The molecule has 1 aliphatic rings. The van der Waals surface area contributed by atoms with E-state index in [4.69, 9.17) is 4.74 Å². The summed E-state index contributed by atoms with van der Waals surface area (Å²) in [7, 11) is 0. The standard InChI is InChI=1S/C24H36O2/c1-7-10-23(25)26-18-16-20(3)12-8-11-19(2)14-15-22-21(4)13-9-17-24(22,5)6/h8,11-12,14-16H,7,9-10,13,17-18H2,1-6H3. The Bertz CT molecular complexity index is 625. The summed E-state index contributed by atoms with van der Waals surface area (Å²) < 4.78 is 5.13. The lowest BCUT2D eigenvalue weighted by molar-refractivity contribution is -0.142. The molecule has 0 fully saturated rings. The molecule has 0 atom stereocenters. The van der Waals surface area contributed by atoms with Gasteiger partial charge in [-0.3, -0.25) is 4.79 Å². The summed E-state index contributed by atoms with van der Waals surface area (Å²) in [4.78, 5) is 11.3. The van der Waals surface area contributed by atoms with E-state index in [-0.39, 0.29) is 11.4 Å². The van der Waals surface area contributed by atoms with Crippen LogP contribution in [0.5, 0.6) is 0 Å². The van der Waals surface area contributed by atoms with Crippen LogP contribution in [0.1, 0.15) is 73.6 Å². The smallest absolute Gasteiger partial charge is 0.306 e. The van der Waals surface area contributed by atoms with Crippen LogP contribution in [0.15, 0.2) is 58.7 Å². The van der Waals surface area contributed by atoms with Gasteiger partial charge < -0.3 is 4.74 Å². The molecule has 0 aromatic carbocycles. The zero-order valence-electron chi connectivity index (χ0n) is 17.5. The van der Waals surface area contributed by atoms with Crippen molar-refractivity contribution in [1.29, 1.82) is 0 Å². The lowest BCUT2D eigenvalue weighted by Gasteiger charge is -2.32. The van der Waals surface area contributed by atoms with Gasteiger partial charge in [-0.2, -0.15) is 0 Å². The highest BCUT2D eigenvalue weighted by Gasteiger charge is 2.26. The first-order chi connectivity index (χ1) is 12.3. The van der Waals surface area contributed by atoms with E-state index in [2.05, 4.69) is 45.9 Å². The summed E-state index contributed by atoms with van der Waals surface area (Å²) in [5.41, 5.74) is 5.62. The number of esters is 1. The minimum absolute atomic E-state index is 0.128. The molecular formula is C24H36O2. The van der Waals surface area contributed by atoms with Gasteiger partial charge in [0.05, 0.1) is 0 Å². The third-order valence-electron chi connectivity index (χ3n) is 4.88. The second-order valence-corrected chi connectivity index (χ2v) is 7.92. The van der Waals surface area contributed by atoms with Crippen molar-refractivity contribution in [2.24, 2.45) is 5.41 Å². The number of hydrogen-bond donors (Lipinski definition) is 0. The molecule has 0 bridgehead atoms. The summed E-state index contributed by atoms with van der Waals surface area (Å²) in [6, 6.07) is 0. The normalized spacial score (nSPS) is 18.8. The predicted molar refractivity (Wildman–Crippen MR) is 112 cm³/mol. The third-order valence-corrected chi connectivity index (χ3v) is 4.88. The summed E-state index contributed by atoms with van der Waals surface area (Å²) in [5.74, 6) is -0.128. The maximum Gasteiger partial charge on any atom is 0.306 e. The Morgan fingerprint density at radius 2 is 1.92 bits per heavy atom. The lowest BCUT2D eigenvalue weighted by Crippen LogP contribution is -2.19. The van der Waals surface area contributed by atoms with E-state index >= 15 is 0 Å². The van der Waals surface area contributed by atoms with Crippen LogP contribution in [0.2, 0.25) is 0 Å². The third kappa shape index (κ3) is 8.03. The molecule has 144 valence electrons. The Morgan fingerprint density at radius 3 is 2.58 bits per heavy atom. The first-order valence-electron chi connectivity index (χ1n) is 9.82. The highest BCUT2D eigenvalue weighted by Crippen LogP contribution is 2.40. The fraction of sp³-hybridized carbons (Fsp3) is 0.542. The molecule has 1 rings (SSSR count). The summed E-state index contributed by atoms with van der Waals surface area (Å²) >= 11 is 0. The maximum absolute atomic E-state index is 11.3. The van der Waals surface area contributed by atoms with Crippen molar-refractivity contribution < 1.29 is 9.53 Å². The van der Waals surface area contributed by atoms with Gasteiger partial charge in [0, 0.05) is 6.42 Å². The second-order valence-electron chi connectivity index (χ2n) is 7.92. The zero-order valence-corrected chi connectivity index (χ0v) is 17.5. The molecule has 0 saturated heterocycles. The van der Waals surface area contributed by atoms with Crippen LogP contribution >= 0.6 is 0 Å². The van der Waals surface area contributed by atoms with Crippen molar-refractivity contribution in [2.45, 2.75) is 73.6 Å². The topological polar surface area (TPSA) is 26.3 Å². The van der Waals surface area contributed by atoms with Gasteiger partial charge in [0.1, 0.15) is 6.61 Å². The SMILES string of the molecule is CCCC(=O)OCC=C(C)C=CC=C(C)C=CC1=C(C)CCCC1(C)C. The number of hydrogen-bond acceptors (Lipinski definition) is 2. The molecular weight excluding hydrogens is 320 g/mol. The number of allylic oxidation sites excluding steroid dienone is 9. The number of carbonyl (C=O) groups excluding carboxylic acids is 1. The van der Waals surface area contributed by atoms with E-state index in [9.17, 15) is 4.79 Å². The van der Waals surface area contributed by atoms with Gasteiger partial charge in [0.15, 0.2) is 0 Å². The molecule has 0 N–H and O–H groups in total. The van der Waals surface area contributed by atoms with Gasteiger partial charge in [0.2, 0.25) is 0 Å². The lowest BCUT2D eigenvalue weighted by atomic mass is 9.72. The maximum atomic E-state index is 11.3. The van der Waals surface area contributed by atoms with E-state index < -0.39 is 0 Å². The van der Waals surface area contributed by atoms with E-state index in [0.717, 1.165) is 12.0 Å². The van der Waals surface area contributed by atoms with E-state index in [1.165, 1.54) is 36.0 Å². The molecule has 0 aliphatic heterocycles. The largest absolute Gasteiger partial charge is 0.461 e. The Morgan fingerprint density at radius 1 is 1.19 bits per heavy atom. The molecule has 0 aromatic heterocycles. The van der Waals surface area contributed by atoms with Crippen molar-refractivity contribution in [3.63, 3.8) is 0 Å². The molecule has 1 aliphatic carbocycles. The average molecular weight is 357 g/mol. The van der Waals surface area contributed by atoms with E-state index in [1.807, 2.05) is 32.1 Å². The molecule has 0 radical (unpaired) electrons. The molecule has 0 aromatic rings. The highest BCUT2D eigenvalue weighted by atomic mass is 16.5. The van der Waals surface area contributed by atoms with Crippen LogP contribution in [0.4, 0.5) is 0 Å². The Labute approximate surface area is 160 Å². The monoisotopic (exact) mass is 356 g/mol. The van der Waals surface area contributed by atoms with Crippen LogP contribution in [0.3, 0.4) is 0 Å². The molecule has 0 unspecified atom stereocenters. The summed E-state index contributed by atoms with van der Waals surface area (Å²) in [6.45, 7) is 13.4. The van der Waals surface area contributed by atoms with Gasteiger partial charge in [-0.1, -0.05) is 67.9 Å². The summed E-state index contributed by atoms with van der Waals surface area (Å²) in [5, 5.41) is 0. The van der Waals surface area contributed by atoms with Gasteiger partial charge in [0.25, 0.3) is 0 Å². The number of rotatable bonds is 8. The van der Waals surface area contributed by atoms with E-state index in [0.29, 0.717) is 13.0 Å². The second kappa shape index (κ2) is 11.0. The van der Waals surface area contributed by atoms with Gasteiger partial charge in [-0.05, 0) is 63.5 Å². The summed E-state index contributed by atoms with van der Waals surface area (Å²) in [6.07, 6.45) is 17.7. The fourth-order valence-corrected chi connectivity index (χ4v) is 3.24. The molecule has 2 nitrogen and oxygen atoms in total. The Balaban J connectivity index is 2.59. The van der Waals surface area contributed by atoms with Crippen molar-refractivity contribution >= 4 is 5.97 Å². The molecule has 0 spiro atoms. The number of carbonyl (C=O) groups is 1. The molecule has 0 heterocycles. The van der Waals surface area contributed by atoms with Crippen LogP contribution in [-0.4, -0.2) is 12.6 Å². The van der Waals surface area contributed by atoms with Gasteiger partial charge >= 0.3 is 5.97 Å². The first-order valence-corrected chi connectivity index (χ1v) is 9.82. The Hall–Kier alpha value is -1.83. The van der Waals surface area contributed by atoms with Gasteiger partial charge in [-0.15, -0.1) is 0 Å². The quantitative estimate of drug-likeness (QED) is 0.351. The van der Waals surface area contributed by atoms with Crippen LogP contribution in [0.25, 0.3) is 0 Å². The minimum atomic E-state index is -0.128. The van der Waals surface area contributed by atoms with Crippen LogP contribution < -0.4 is 0 Å². The van der Waals surface area contributed by atoms with Crippen molar-refractivity contribution in [1.82, 2.24) is 0 Å². The van der Waals surface area contributed by atoms with Gasteiger partial charge in [-0.25, -0.2) is 0 Å². The average Bonchev–Trinajstić information content (AvgIpc) is 2.54. The van der Waals surface area contributed by atoms with Crippen molar-refractivity contribution in [2.75, 3.05) is 6.61 Å². The number of ether oxygens (including phenoxy) is 1. The van der Waals surface area contributed by atoms with Crippen molar-refractivity contribution in [3.8, 4) is 0 Å². The predicted octanol–water partition coefficient (Wildman–Crippen LogP) is 6.86. The van der Waals surface area contributed by atoms with Crippen LogP contribution in [0, 0.1) is 5.41 Å². The molecule has 0 amide bonds. The van der Waals surface area contributed by atoms with Crippen molar-refractivity contribution in [3.05, 3.63) is 58.7 Å². The van der Waals surface area contributed by atoms with Crippen LogP contribution in [-0.2, 0) is 9.53 Å². The zero-order chi connectivity index (χ0) is 19.6. The molecule has 2 heteroatoms. The fourth-order valence-electron chi connectivity index (χ4n) is 3.24. The Kier molecular flexibility index (Phi) is 9.40. The van der Waals surface area contributed by atoms with E-state index in [1.54, 1.807) is 0 Å². The minimum Gasteiger partial charge on any atom is -0.461 e. The highest BCUT2D eigenvalue weighted by molar-refractivity contribution is 5.69. The molecule has 26 heavy (non-hydrogen) atoms.